The van der Waals surface area contributed by atoms with Gasteiger partial charge in [-0.3, -0.25) is 15.6 Å². The van der Waals surface area contributed by atoms with E-state index in [0.717, 1.165) is 26.2 Å². The number of guanidine groups is 1. The number of rotatable bonds is 3. The van der Waals surface area contributed by atoms with Gasteiger partial charge in [0, 0.05) is 26.1 Å². The fourth-order valence-electron chi connectivity index (χ4n) is 1.22. The predicted molar refractivity (Wildman–Crippen MR) is 59.7 cm³/mol. The van der Waals surface area contributed by atoms with E-state index in [0.29, 0.717) is 11.9 Å². The smallest absolute Gasteiger partial charge is 0.207 e. The Morgan fingerprint density at radius 1 is 1.53 bits per heavy atom. The quantitative estimate of drug-likeness (QED) is 0.307. The summed E-state index contributed by atoms with van der Waals surface area (Å²) in [6.07, 6.45) is 1.08. The van der Waals surface area contributed by atoms with Gasteiger partial charge in [0.15, 0.2) is 0 Å². The number of hydrogen-bond acceptors (Lipinski definition) is 4. The molecular formula is C9H22N4O2. The fourth-order valence-corrected chi connectivity index (χ4v) is 1.22. The average Bonchev–Trinajstić information content (AvgIpc) is 2.80. The van der Waals surface area contributed by atoms with Gasteiger partial charge in [-0.2, -0.15) is 0 Å². The molecule has 6 nitrogen and oxygen atoms in total. The average molecular weight is 218 g/mol. The lowest BCUT2D eigenvalue weighted by Gasteiger charge is -2.12. The summed E-state index contributed by atoms with van der Waals surface area (Å²) in [5.74, 6) is 1.06. The second-order valence-electron chi connectivity index (χ2n) is 2.92. The highest BCUT2D eigenvalue weighted by Crippen LogP contribution is 2.10. The van der Waals surface area contributed by atoms with Crippen molar-refractivity contribution in [3.63, 3.8) is 0 Å². The number of ether oxygens (including phenoxy) is 1. The molecule has 1 atom stereocenters. The summed E-state index contributed by atoms with van der Waals surface area (Å²) in [5.41, 5.74) is 4.28. The molecule has 1 aliphatic heterocycles. The van der Waals surface area contributed by atoms with E-state index < -0.39 is 0 Å². The van der Waals surface area contributed by atoms with Gasteiger partial charge < -0.3 is 10.1 Å². The summed E-state index contributed by atoms with van der Waals surface area (Å²) >= 11 is 0. The first-order valence-corrected chi connectivity index (χ1v) is 5.30. The summed E-state index contributed by atoms with van der Waals surface area (Å²) in [6.45, 7) is 6.45. The largest absolute Gasteiger partial charge is 0.381 e. The second-order valence-corrected chi connectivity index (χ2v) is 2.92. The molecule has 0 aromatic carbocycles. The molecule has 0 aromatic heterocycles. The number of nitrogens with one attached hydrogen (secondary N) is 3. The Kier molecular flexibility index (Phi) is 9.15. The van der Waals surface area contributed by atoms with Crippen molar-refractivity contribution in [1.82, 2.24) is 16.3 Å². The Balaban J connectivity index is 0.000000921. The van der Waals surface area contributed by atoms with E-state index in [4.69, 9.17) is 9.94 Å². The van der Waals surface area contributed by atoms with Gasteiger partial charge in [0.25, 0.3) is 0 Å². The maximum absolute atomic E-state index is 8.35. The number of hydrazine groups is 1. The topological polar surface area (TPSA) is 77.9 Å². The van der Waals surface area contributed by atoms with E-state index in [1.54, 1.807) is 7.05 Å². The molecule has 6 heteroatoms. The van der Waals surface area contributed by atoms with Gasteiger partial charge in [0.05, 0.1) is 6.61 Å². The van der Waals surface area contributed by atoms with Crippen molar-refractivity contribution >= 4 is 5.96 Å². The SMILES string of the molecule is CC.CN=C(NCC1CCOC1)NNO. The van der Waals surface area contributed by atoms with Crippen molar-refractivity contribution in [2.75, 3.05) is 26.8 Å². The van der Waals surface area contributed by atoms with E-state index >= 15 is 0 Å². The number of aliphatic imine (C=N–C) groups is 1. The van der Waals surface area contributed by atoms with Crippen LogP contribution in [0, 0.1) is 5.92 Å². The molecule has 90 valence electrons. The van der Waals surface area contributed by atoms with E-state index in [1.807, 2.05) is 19.4 Å². The molecule has 15 heavy (non-hydrogen) atoms. The van der Waals surface area contributed by atoms with E-state index in [2.05, 4.69) is 15.7 Å². The van der Waals surface area contributed by atoms with Crippen LogP contribution in [-0.4, -0.2) is 38.0 Å². The highest BCUT2D eigenvalue weighted by atomic mass is 16.5. The molecule has 1 aliphatic rings. The lowest BCUT2D eigenvalue weighted by Crippen LogP contribution is -2.45. The molecule has 0 aliphatic carbocycles. The standard InChI is InChI=1S/C7H16N4O2.C2H6/c1-8-7(10-11-12)9-4-6-2-3-13-5-6;1-2/h6,11-12H,2-5H2,1H3,(H2,8,9,10);1-2H3. The Morgan fingerprint density at radius 2 is 2.27 bits per heavy atom. The molecule has 1 saturated heterocycles. The summed E-state index contributed by atoms with van der Waals surface area (Å²) in [7, 11) is 1.64. The Morgan fingerprint density at radius 3 is 2.73 bits per heavy atom. The highest BCUT2D eigenvalue weighted by Gasteiger charge is 2.15. The molecule has 0 saturated carbocycles. The second kappa shape index (κ2) is 9.70. The number of hydrogen-bond donors (Lipinski definition) is 4. The van der Waals surface area contributed by atoms with Crippen LogP contribution in [0.25, 0.3) is 0 Å². The monoisotopic (exact) mass is 218 g/mol. The van der Waals surface area contributed by atoms with Gasteiger partial charge in [0.1, 0.15) is 0 Å². The molecule has 0 radical (unpaired) electrons. The first kappa shape index (κ1) is 14.2. The van der Waals surface area contributed by atoms with Crippen LogP contribution in [0.1, 0.15) is 20.3 Å². The van der Waals surface area contributed by atoms with Crippen molar-refractivity contribution in [2.24, 2.45) is 10.9 Å². The van der Waals surface area contributed by atoms with Crippen LogP contribution in [0.15, 0.2) is 4.99 Å². The summed E-state index contributed by atoms with van der Waals surface area (Å²) in [5, 5.41) is 11.4. The normalized spacial score (nSPS) is 20.5. The Bertz CT molecular complexity index is 169. The molecule has 1 fully saturated rings. The van der Waals surface area contributed by atoms with Crippen LogP contribution < -0.4 is 16.3 Å². The molecular weight excluding hydrogens is 196 g/mol. The third kappa shape index (κ3) is 6.27. The van der Waals surface area contributed by atoms with Gasteiger partial charge in [0.2, 0.25) is 5.96 Å². The third-order valence-corrected chi connectivity index (χ3v) is 1.98. The summed E-state index contributed by atoms with van der Waals surface area (Å²) in [6, 6.07) is 0. The Hall–Kier alpha value is -0.850. The Labute approximate surface area is 91.0 Å². The van der Waals surface area contributed by atoms with Crippen molar-refractivity contribution < 1.29 is 9.94 Å². The third-order valence-electron chi connectivity index (χ3n) is 1.98. The van der Waals surface area contributed by atoms with Gasteiger partial charge in [-0.05, 0) is 6.42 Å². The van der Waals surface area contributed by atoms with Gasteiger partial charge in [-0.1, -0.05) is 13.8 Å². The molecule has 1 rings (SSSR count). The van der Waals surface area contributed by atoms with E-state index in [-0.39, 0.29) is 0 Å². The molecule has 0 amide bonds. The van der Waals surface area contributed by atoms with Crippen LogP contribution in [0.2, 0.25) is 0 Å². The van der Waals surface area contributed by atoms with Crippen LogP contribution in [0.5, 0.6) is 0 Å². The van der Waals surface area contributed by atoms with Crippen LogP contribution in [-0.2, 0) is 4.74 Å². The minimum Gasteiger partial charge on any atom is -0.381 e. The highest BCUT2D eigenvalue weighted by molar-refractivity contribution is 5.78. The molecule has 1 heterocycles. The molecule has 0 bridgehead atoms. The zero-order valence-electron chi connectivity index (χ0n) is 9.71. The van der Waals surface area contributed by atoms with Crippen molar-refractivity contribution in [1.29, 1.82) is 0 Å². The van der Waals surface area contributed by atoms with Gasteiger partial charge in [-0.25, -0.2) is 0 Å². The molecule has 1 unspecified atom stereocenters. The first-order chi connectivity index (χ1) is 7.36. The minimum absolute atomic E-state index is 0.523. The zero-order valence-corrected chi connectivity index (χ0v) is 9.71. The molecule has 0 spiro atoms. The zero-order chi connectivity index (χ0) is 11.5. The summed E-state index contributed by atoms with van der Waals surface area (Å²) < 4.78 is 5.22. The summed E-state index contributed by atoms with van der Waals surface area (Å²) in [4.78, 5) is 3.87. The maximum atomic E-state index is 8.35. The lowest BCUT2D eigenvalue weighted by molar-refractivity contribution is 0.143. The maximum Gasteiger partial charge on any atom is 0.207 e. The van der Waals surface area contributed by atoms with Gasteiger partial charge >= 0.3 is 0 Å². The van der Waals surface area contributed by atoms with Crippen molar-refractivity contribution in [2.45, 2.75) is 20.3 Å². The molecule has 4 N–H and O–H groups in total. The van der Waals surface area contributed by atoms with E-state index in [9.17, 15) is 0 Å². The van der Waals surface area contributed by atoms with Crippen molar-refractivity contribution in [3.05, 3.63) is 0 Å². The lowest BCUT2D eigenvalue weighted by atomic mass is 10.1. The van der Waals surface area contributed by atoms with Crippen molar-refractivity contribution in [3.8, 4) is 0 Å². The van der Waals surface area contributed by atoms with Gasteiger partial charge in [-0.15, -0.1) is 5.59 Å². The number of nitrogens with zero attached hydrogens (tertiary/aromatic N) is 1. The van der Waals surface area contributed by atoms with Crippen LogP contribution in [0.4, 0.5) is 0 Å². The predicted octanol–water partition coefficient (Wildman–Crippen LogP) is 0.108. The first-order valence-electron chi connectivity index (χ1n) is 5.30. The fraction of sp³-hybridized carbons (Fsp3) is 0.889. The van der Waals surface area contributed by atoms with Crippen LogP contribution >= 0.6 is 0 Å². The minimum atomic E-state index is 0.523. The van der Waals surface area contributed by atoms with E-state index in [1.165, 1.54) is 0 Å². The van der Waals surface area contributed by atoms with Crippen LogP contribution in [0.3, 0.4) is 0 Å². The molecule has 0 aromatic rings.